The summed E-state index contributed by atoms with van der Waals surface area (Å²) >= 11 is 0. The predicted molar refractivity (Wildman–Crippen MR) is 85.9 cm³/mol. The van der Waals surface area contributed by atoms with Crippen molar-refractivity contribution in [1.29, 1.82) is 0 Å². The summed E-state index contributed by atoms with van der Waals surface area (Å²) in [4.78, 5) is 14.6. The minimum absolute atomic E-state index is 0.120. The number of nitro groups is 1. The van der Waals surface area contributed by atoms with Crippen molar-refractivity contribution >= 4 is 5.69 Å². The van der Waals surface area contributed by atoms with Crippen LogP contribution in [0.1, 0.15) is 16.8 Å². The second kappa shape index (κ2) is 6.79. The molecule has 0 unspecified atom stereocenters. The van der Waals surface area contributed by atoms with Crippen LogP contribution in [0, 0.1) is 10.1 Å². The molecule has 114 valence electrons. The molecule has 5 nitrogen and oxygen atoms in total. The standard InChI is InChI=1S/C18H16N3O2/c22-21(23)18-6-4-15(5-7-18)13-16-8-11-20(12-9-16)14-17-3-1-2-10-19-17/h1-12H,13-14H2/q+1. The first kappa shape index (κ1) is 14.8. The Morgan fingerprint density at radius 1 is 0.957 bits per heavy atom. The zero-order chi connectivity index (χ0) is 16.1. The van der Waals surface area contributed by atoms with Crippen LogP contribution in [-0.2, 0) is 13.0 Å². The molecule has 3 aromatic rings. The smallest absolute Gasteiger partial charge is 0.258 e. The number of hydrogen-bond acceptors (Lipinski definition) is 3. The van der Waals surface area contributed by atoms with Crippen molar-refractivity contribution in [3.63, 3.8) is 0 Å². The Labute approximate surface area is 134 Å². The minimum Gasteiger partial charge on any atom is -0.258 e. The van der Waals surface area contributed by atoms with Crippen molar-refractivity contribution in [2.75, 3.05) is 0 Å². The van der Waals surface area contributed by atoms with Crippen molar-refractivity contribution < 1.29 is 9.49 Å². The molecule has 0 bridgehead atoms. The van der Waals surface area contributed by atoms with Crippen molar-refractivity contribution in [1.82, 2.24) is 4.98 Å². The maximum atomic E-state index is 10.7. The molecule has 3 rings (SSSR count). The number of pyridine rings is 2. The van der Waals surface area contributed by atoms with Crippen LogP contribution in [0.4, 0.5) is 5.69 Å². The lowest BCUT2D eigenvalue weighted by molar-refractivity contribution is -0.688. The molecule has 0 fully saturated rings. The number of nitro benzene ring substituents is 1. The molecule has 0 amide bonds. The molecule has 0 N–H and O–H groups in total. The first-order valence-electron chi connectivity index (χ1n) is 7.32. The zero-order valence-electron chi connectivity index (χ0n) is 12.5. The highest BCUT2D eigenvalue weighted by atomic mass is 16.6. The fraction of sp³-hybridized carbons (Fsp3) is 0.111. The molecule has 0 atom stereocenters. The van der Waals surface area contributed by atoms with Gasteiger partial charge in [-0.05, 0) is 29.7 Å². The van der Waals surface area contributed by atoms with Gasteiger partial charge < -0.3 is 0 Å². The van der Waals surface area contributed by atoms with Crippen molar-refractivity contribution in [2.45, 2.75) is 13.0 Å². The lowest BCUT2D eigenvalue weighted by Crippen LogP contribution is -2.33. The number of hydrogen-bond donors (Lipinski definition) is 0. The summed E-state index contributed by atoms with van der Waals surface area (Å²) in [5.41, 5.74) is 3.35. The Hall–Kier alpha value is -3.08. The van der Waals surface area contributed by atoms with Gasteiger partial charge in [-0.15, -0.1) is 0 Å². The highest BCUT2D eigenvalue weighted by Crippen LogP contribution is 2.14. The van der Waals surface area contributed by atoms with E-state index in [4.69, 9.17) is 0 Å². The summed E-state index contributed by atoms with van der Waals surface area (Å²) in [5, 5.41) is 10.7. The fourth-order valence-corrected chi connectivity index (χ4v) is 2.36. The molecule has 0 saturated heterocycles. The molecular weight excluding hydrogens is 290 g/mol. The highest BCUT2D eigenvalue weighted by Gasteiger charge is 2.06. The monoisotopic (exact) mass is 306 g/mol. The van der Waals surface area contributed by atoms with Gasteiger partial charge in [0.15, 0.2) is 18.9 Å². The highest BCUT2D eigenvalue weighted by molar-refractivity contribution is 5.34. The normalized spacial score (nSPS) is 10.4. The number of non-ortho nitro benzene ring substituents is 1. The van der Waals surface area contributed by atoms with Crippen LogP contribution in [0.25, 0.3) is 0 Å². The van der Waals surface area contributed by atoms with Gasteiger partial charge in [-0.25, -0.2) is 0 Å². The summed E-state index contributed by atoms with van der Waals surface area (Å²) in [6.45, 7) is 0.735. The second-order valence-electron chi connectivity index (χ2n) is 5.30. The topological polar surface area (TPSA) is 59.9 Å². The quantitative estimate of drug-likeness (QED) is 0.414. The number of benzene rings is 1. The van der Waals surface area contributed by atoms with E-state index >= 15 is 0 Å². The third-order valence-electron chi connectivity index (χ3n) is 3.59. The van der Waals surface area contributed by atoms with Gasteiger partial charge in [0.1, 0.15) is 5.69 Å². The summed E-state index contributed by atoms with van der Waals surface area (Å²) in [7, 11) is 0. The first-order chi connectivity index (χ1) is 11.2. The second-order valence-corrected chi connectivity index (χ2v) is 5.30. The molecule has 2 heterocycles. The van der Waals surface area contributed by atoms with E-state index in [1.807, 2.05) is 30.6 Å². The molecule has 23 heavy (non-hydrogen) atoms. The van der Waals surface area contributed by atoms with Gasteiger partial charge in [0, 0.05) is 30.5 Å². The summed E-state index contributed by atoms with van der Waals surface area (Å²) in [5.74, 6) is 0. The van der Waals surface area contributed by atoms with Gasteiger partial charge in [-0.1, -0.05) is 18.2 Å². The Morgan fingerprint density at radius 3 is 2.26 bits per heavy atom. The van der Waals surface area contributed by atoms with Crippen LogP contribution in [0.5, 0.6) is 0 Å². The molecule has 5 heteroatoms. The molecule has 0 aliphatic carbocycles. The number of nitrogens with zero attached hydrogens (tertiary/aromatic N) is 3. The Balaban J connectivity index is 1.66. The van der Waals surface area contributed by atoms with E-state index in [1.165, 1.54) is 0 Å². The number of rotatable bonds is 5. The molecule has 0 aliphatic heterocycles. The maximum Gasteiger partial charge on any atom is 0.269 e. The van der Waals surface area contributed by atoms with Crippen molar-refractivity contribution in [2.24, 2.45) is 0 Å². The molecule has 0 saturated carbocycles. The lowest BCUT2D eigenvalue weighted by atomic mass is 10.1. The minimum atomic E-state index is -0.382. The molecule has 1 aromatic carbocycles. The van der Waals surface area contributed by atoms with Crippen LogP contribution in [0.15, 0.2) is 73.2 Å². The van der Waals surface area contributed by atoms with E-state index in [9.17, 15) is 10.1 Å². The maximum absolute atomic E-state index is 10.7. The van der Waals surface area contributed by atoms with E-state index in [0.717, 1.165) is 29.8 Å². The zero-order valence-corrected chi connectivity index (χ0v) is 12.5. The third-order valence-corrected chi connectivity index (χ3v) is 3.59. The van der Waals surface area contributed by atoms with Gasteiger partial charge in [0.2, 0.25) is 0 Å². The lowest BCUT2D eigenvalue weighted by Gasteiger charge is -2.02. The van der Waals surface area contributed by atoms with Crippen LogP contribution in [0.2, 0.25) is 0 Å². The van der Waals surface area contributed by atoms with Crippen LogP contribution in [0.3, 0.4) is 0 Å². The summed E-state index contributed by atoms with van der Waals surface area (Å²) < 4.78 is 2.07. The fourth-order valence-electron chi connectivity index (χ4n) is 2.36. The molecule has 0 aliphatic rings. The van der Waals surface area contributed by atoms with E-state index in [1.54, 1.807) is 30.5 Å². The van der Waals surface area contributed by atoms with Gasteiger partial charge in [-0.2, -0.15) is 4.57 Å². The number of aromatic nitrogens is 2. The average molecular weight is 306 g/mol. The van der Waals surface area contributed by atoms with E-state index in [0.29, 0.717) is 0 Å². The van der Waals surface area contributed by atoms with E-state index in [-0.39, 0.29) is 10.6 Å². The van der Waals surface area contributed by atoms with Gasteiger partial charge in [0.25, 0.3) is 5.69 Å². The van der Waals surface area contributed by atoms with E-state index < -0.39 is 0 Å². The van der Waals surface area contributed by atoms with Gasteiger partial charge >= 0.3 is 0 Å². The van der Waals surface area contributed by atoms with Crippen LogP contribution >= 0.6 is 0 Å². The predicted octanol–water partition coefficient (Wildman–Crippen LogP) is 2.92. The van der Waals surface area contributed by atoms with Crippen LogP contribution < -0.4 is 4.57 Å². The molecule has 2 aromatic heterocycles. The molecular formula is C18H16N3O2+. The van der Waals surface area contributed by atoms with Gasteiger partial charge in [-0.3, -0.25) is 15.1 Å². The van der Waals surface area contributed by atoms with Crippen molar-refractivity contribution in [3.05, 3.63) is 100 Å². The summed E-state index contributed by atoms with van der Waals surface area (Å²) in [6, 6.07) is 16.7. The summed E-state index contributed by atoms with van der Waals surface area (Å²) in [6.07, 6.45) is 6.59. The largest absolute Gasteiger partial charge is 0.269 e. The average Bonchev–Trinajstić information content (AvgIpc) is 2.58. The Morgan fingerprint density at radius 2 is 1.65 bits per heavy atom. The molecule has 0 radical (unpaired) electrons. The van der Waals surface area contributed by atoms with Crippen LogP contribution in [-0.4, -0.2) is 9.91 Å². The Kier molecular flexibility index (Phi) is 4.38. The SMILES string of the molecule is O=[N+]([O-])c1ccc(Cc2cc[n+](Cc3ccccn3)cc2)cc1. The van der Waals surface area contributed by atoms with Gasteiger partial charge in [0.05, 0.1) is 4.92 Å². The van der Waals surface area contributed by atoms with Crippen molar-refractivity contribution in [3.8, 4) is 0 Å². The first-order valence-corrected chi connectivity index (χ1v) is 7.32. The Bertz CT molecular complexity index is 785. The third kappa shape index (κ3) is 3.97. The van der Waals surface area contributed by atoms with E-state index in [2.05, 4.69) is 21.7 Å². The molecule has 0 spiro atoms.